The summed E-state index contributed by atoms with van der Waals surface area (Å²) in [7, 11) is -4.61. The molecule has 3 atom stereocenters. The van der Waals surface area contributed by atoms with Gasteiger partial charge in [0.25, 0.3) is 8.32 Å². The van der Waals surface area contributed by atoms with Crippen molar-refractivity contribution < 1.29 is 18.3 Å². The van der Waals surface area contributed by atoms with Gasteiger partial charge < -0.3 is 18.3 Å². The van der Waals surface area contributed by atoms with E-state index in [-0.39, 0.29) is 23.4 Å². The molecule has 0 aromatic heterocycles. The van der Waals surface area contributed by atoms with Gasteiger partial charge in [0.05, 0.1) is 13.2 Å². The standard InChI is InChI=1S/C36H48O4Si2/c1-29-33(40-41(5,6)7)25-17-18-26-34(37-27-30-19-11-8-12-20-30)35(39-29)28-38-42(36(2,3)4,31-21-13-9-14-22-31)32-23-15-10-16-24-32/h8-24,33-35H,1,25-28H2,2-7H3/b18-17-/t33-,34-,35+/m0/s1. The second-order valence-corrected chi connectivity index (χ2v) is 21.9. The van der Waals surface area contributed by atoms with Crippen LogP contribution in [-0.4, -0.2) is 41.6 Å². The van der Waals surface area contributed by atoms with Gasteiger partial charge in [-0.15, -0.1) is 0 Å². The van der Waals surface area contributed by atoms with Crippen LogP contribution in [-0.2, 0) is 24.9 Å². The Morgan fingerprint density at radius 3 is 1.83 bits per heavy atom. The average molecular weight is 601 g/mol. The van der Waals surface area contributed by atoms with E-state index in [4.69, 9.17) is 18.3 Å². The highest BCUT2D eigenvalue weighted by Gasteiger charge is 2.51. The van der Waals surface area contributed by atoms with Gasteiger partial charge in [-0.25, -0.2) is 0 Å². The molecule has 3 aromatic rings. The topological polar surface area (TPSA) is 36.9 Å². The molecule has 0 amide bonds. The molecule has 0 saturated carbocycles. The Balaban J connectivity index is 1.70. The van der Waals surface area contributed by atoms with Crippen LogP contribution in [0.25, 0.3) is 0 Å². The molecule has 0 aliphatic carbocycles. The zero-order valence-electron chi connectivity index (χ0n) is 26.2. The Hall–Kier alpha value is -2.75. The van der Waals surface area contributed by atoms with Gasteiger partial charge in [-0.2, -0.15) is 0 Å². The number of hydrogen-bond donors (Lipinski definition) is 0. The van der Waals surface area contributed by atoms with Crippen LogP contribution < -0.4 is 10.4 Å². The number of benzene rings is 3. The third-order valence-corrected chi connectivity index (χ3v) is 13.6. The lowest BCUT2D eigenvalue weighted by Gasteiger charge is -2.44. The molecule has 0 fully saturated rings. The van der Waals surface area contributed by atoms with E-state index in [0.717, 1.165) is 12.0 Å². The minimum absolute atomic E-state index is 0.144. The smallest absolute Gasteiger partial charge is 0.261 e. The monoisotopic (exact) mass is 600 g/mol. The molecule has 4 rings (SSSR count). The predicted octanol–water partition coefficient (Wildman–Crippen LogP) is 7.62. The van der Waals surface area contributed by atoms with E-state index in [1.165, 1.54) is 10.4 Å². The maximum atomic E-state index is 7.35. The molecule has 1 aliphatic heterocycles. The molecule has 0 spiro atoms. The first-order chi connectivity index (χ1) is 20.0. The van der Waals surface area contributed by atoms with Crippen molar-refractivity contribution in [2.75, 3.05) is 6.61 Å². The largest absolute Gasteiger partial charge is 0.488 e. The molecule has 1 aliphatic rings. The van der Waals surface area contributed by atoms with Gasteiger partial charge in [0, 0.05) is 0 Å². The molecule has 42 heavy (non-hydrogen) atoms. The maximum Gasteiger partial charge on any atom is 0.261 e. The summed E-state index contributed by atoms with van der Waals surface area (Å²) >= 11 is 0. The fourth-order valence-corrected chi connectivity index (χ4v) is 11.3. The minimum atomic E-state index is -2.78. The normalized spacial score (nSPS) is 21.1. The second kappa shape index (κ2) is 14.1. The lowest BCUT2D eigenvalue weighted by molar-refractivity contribution is -0.0809. The summed E-state index contributed by atoms with van der Waals surface area (Å²) in [6, 6.07) is 31.8. The third kappa shape index (κ3) is 8.20. The number of hydrogen-bond acceptors (Lipinski definition) is 4. The van der Waals surface area contributed by atoms with Gasteiger partial charge in [0.1, 0.15) is 24.1 Å². The van der Waals surface area contributed by atoms with Gasteiger partial charge in [0.15, 0.2) is 8.32 Å². The van der Waals surface area contributed by atoms with E-state index in [9.17, 15) is 0 Å². The fourth-order valence-electron chi connectivity index (χ4n) is 5.68. The Morgan fingerprint density at radius 2 is 1.31 bits per heavy atom. The summed E-state index contributed by atoms with van der Waals surface area (Å²) in [4.78, 5) is 0. The molecule has 0 saturated heterocycles. The van der Waals surface area contributed by atoms with Crippen molar-refractivity contribution in [3.05, 3.63) is 121 Å². The van der Waals surface area contributed by atoms with E-state index in [0.29, 0.717) is 25.4 Å². The molecular formula is C36H48O4Si2. The summed E-state index contributed by atoms with van der Waals surface area (Å²) in [5.74, 6) is 0.647. The molecule has 0 radical (unpaired) electrons. The highest BCUT2D eigenvalue weighted by Crippen LogP contribution is 2.37. The summed E-state index contributed by atoms with van der Waals surface area (Å²) in [6.45, 7) is 18.7. The van der Waals surface area contributed by atoms with Crippen molar-refractivity contribution in [3.63, 3.8) is 0 Å². The fraction of sp³-hybridized carbons (Fsp3) is 0.389. The zero-order valence-corrected chi connectivity index (χ0v) is 28.2. The van der Waals surface area contributed by atoms with Crippen LogP contribution >= 0.6 is 0 Å². The Bertz CT molecular complexity index is 1240. The third-order valence-electron chi connectivity index (χ3n) is 7.65. The van der Waals surface area contributed by atoms with Crippen LogP contribution in [0.1, 0.15) is 39.2 Å². The highest BCUT2D eigenvalue weighted by molar-refractivity contribution is 6.99. The SMILES string of the molecule is C=C1O[C@H](CO[Si](c2ccccc2)(c2ccccc2)C(C)(C)C)[C@@H](OCc2ccccc2)C/C=C\C[C@@H]1O[Si](C)(C)C. The second-order valence-electron chi connectivity index (χ2n) is 13.1. The van der Waals surface area contributed by atoms with Crippen molar-refractivity contribution >= 4 is 27.0 Å². The first-order valence-corrected chi connectivity index (χ1v) is 20.4. The average Bonchev–Trinajstić information content (AvgIpc) is 3.02. The van der Waals surface area contributed by atoms with Crippen molar-refractivity contribution in [3.8, 4) is 0 Å². The number of ether oxygens (including phenoxy) is 2. The quantitative estimate of drug-likeness (QED) is 0.177. The summed E-state index contributed by atoms with van der Waals surface area (Å²) in [6.07, 6.45) is 5.06. The Morgan fingerprint density at radius 1 is 0.786 bits per heavy atom. The first-order valence-electron chi connectivity index (χ1n) is 15.1. The van der Waals surface area contributed by atoms with Crippen LogP contribution in [0, 0.1) is 0 Å². The number of rotatable bonds is 10. The molecular weight excluding hydrogens is 553 g/mol. The zero-order chi connectivity index (χ0) is 30.2. The van der Waals surface area contributed by atoms with Crippen LogP contribution in [0.2, 0.25) is 24.7 Å². The molecule has 1 heterocycles. The summed E-state index contributed by atoms with van der Waals surface area (Å²) < 4.78 is 27.2. The van der Waals surface area contributed by atoms with E-state index < -0.39 is 16.6 Å². The predicted molar refractivity (Wildman–Crippen MR) is 179 cm³/mol. The van der Waals surface area contributed by atoms with Crippen molar-refractivity contribution in [2.24, 2.45) is 0 Å². The molecule has 3 aromatic carbocycles. The van der Waals surface area contributed by atoms with Crippen LogP contribution in [0.15, 0.2) is 115 Å². The van der Waals surface area contributed by atoms with Crippen LogP contribution in [0.5, 0.6) is 0 Å². The molecule has 6 heteroatoms. The van der Waals surface area contributed by atoms with E-state index in [1.807, 2.05) is 18.2 Å². The molecule has 0 unspecified atom stereocenters. The molecule has 0 bridgehead atoms. The molecule has 0 N–H and O–H groups in total. The van der Waals surface area contributed by atoms with Crippen LogP contribution in [0.3, 0.4) is 0 Å². The Labute approximate surface area is 255 Å². The van der Waals surface area contributed by atoms with Crippen molar-refractivity contribution in [1.82, 2.24) is 0 Å². The lowest BCUT2D eigenvalue weighted by Crippen LogP contribution is -2.67. The summed E-state index contributed by atoms with van der Waals surface area (Å²) in [5.41, 5.74) is 1.13. The van der Waals surface area contributed by atoms with Gasteiger partial charge >= 0.3 is 0 Å². The van der Waals surface area contributed by atoms with Crippen LogP contribution in [0.4, 0.5) is 0 Å². The first kappa shape index (κ1) is 32.2. The molecule has 4 nitrogen and oxygen atoms in total. The highest BCUT2D eigenvalue weighted by atomic mass is 28.4. The lowest BCUT2D eigenvalue weighted by atomic mass is 10.1. The van der Waals surface area contributed by atoms with Gasteiger partial charge in [-0.3, -0.25) is 0 Å². The van der Waals surface area contributed by atoms with Crippen molar-refractivity contribution in [2.45, 2.75) is 83.2 Å². The maximum absolute atomic E-state index is 7.35. The van der Waals surface area contributed by atoms with E-state index in [2.05, 4.69) is 132 Å². The van der Waals surface area contributed by atoms with E-state index in [1.54, 1.807) is 0 Å². The van der Waals surface area contributed by atoms with E-state index >= 15 is 0 Å². The Kier molecular flexibility index (Phi) is 10.8. The minimum Gasteiger partial charge on any atom is -0.488 e. The van der Waals surface area contributed by atoms with Gasteiger partial charge in [-0.1, -0.05) is 130 Å². The van der Waals surface area contributed by atoms with Gasteiger partial charge in [-0.05, 0) is 53.5 Å². The van der Waals surface area contributed by atoms with Crippen molar-refractivity contribution in [1.29, 1.82) is 0 Å². The van der Waals surface area contributed by atoms with Gasteiger partial charge in [0.2, 0.25) is 0 Å². The summed E-state index contributed by atoms with van der Waals surface area (Å²) in [5, 5.41) is 2.34. The molecule has 224 valence electrons.